The molecule has 0 heterocycles. The van der Waals surface area contributed by atoms with Crippen molar-refractivity contribution in [3.8, 4) is 5.75 Å². The summed E-state index contributed by atoms with van der Waals surface area (Å²) in [5.74, 6) is 0.693. The average Bonchev–Trinajstić information content (AvgIpc) is 2.68. The summed E-state index contributed by atoms with van der Waals surface area (Å²) >= 11 is 0. The molecular formula is C22H21NO2. The van der Waals surface area contributed by atoms with Gasteiger partial charge in [0.2, 0.25) is 0 Å². The maximum absolute atomic E-state index is 12.7. The summed E-state index contributed by atoms with van der Waals surface area (Å²) < 4.78 is 5.79. The molecule has 1 N–H and O–H groups in total. The van der Waals surface area contributed by atoms with Crippen LogP contribution in [-0.4, -0.2) is 5.91 Å². The molecule has 1 amide bonds. The minimum Gasteiger partial charge on any atom is -0.489 e. The van der Waals surface area contributed by atoms with Crippen LogP contribution in [0.5, 0.6) is 5.75 Å². The summed E-state index contributed by atoms with van der Waals surface area (Å²) in [6.07, 6.45) is 0. The number of amides is 1. The van der Waals surface area contributed by atoms with Gasteiger partial charge in [0, 0.05) is 11.1 Å². The zero-order valence-electron chi connectivity index (χ0n) is 14.2. The van der Waals surface area contributed by atoms with Gasteiger partial charge in [-0.1, -0.05) is 66.7 Å². The van der Waals surface area contributed by atoms with Crippen molar-refractivity contribution in [2.24, 2.45) is 0 Å². The number of hydrogen-bond donors (Lipinski definition) is 1. The second-order valence-corrected chi connectivity index (χ2v) is 5.86. The van der Waals surface area contributed by atoms with Gasteiger partial charge < -0.3 is 10.1 Å². The highest BCUT2D eigenvalue weighted by atomic mass is 16.5. The van der Waals surface area contributed by atoms with Gasteiger partial charge in [-0.05, 0) is 30.7 Å². The molecule has 3 heteroatoms. The van der Waals surface area contributed by atoms with E-state index in [1.165, 1.54) is 0 Å². The van der Waals surface area contributed by atoms with Crippen molar-refractivity contribution in [3.05, 3.63) is 102 Å². The molecular weight excluding hydrogens is 310 g/mol. The lowest BCUT2D eigenvalue weighted by Gasteiger charge is -2.16. The van der Waals surface area contributed by atoms with Crippen LogP contribution >= 0.6 is 0 Å². The molecule has 0 aliphatic heterocycles. The lowest BCUT2D eigenvalue weighted by Crippen LogP contribution is -2.27. The van der Waals surface area contributed by atoms with Crippen molar-refractivity contribution in [2.75, 3.05) is 0 Å². The van der Waals surface area contributed by atoms with Crippen LogP contribution in [0.2, 0.25) is 0 Å². The van der Waals surface area contributed by atoms with Crippen LogP contribution in [0.3, 0.4) is 0 Å². The van der Waals surface area contributed by atoms with Crippen LogP contribution < -0.4 is 10.1 Å². The fourth-order valence-electron chi connectivity index (χ4n) is 2.64. The topological polar surface area (TPSA) is 38.3 Å². The zero-order valence-corrected chi connectivity index (χ0v) is 14.2. The second kappa shape index (κ2) is 8.15. The standard InChI is InChI=1S/C22H21NO2/c1-17(18-10-4-2-5-11-18)23-22(24)21-15-9-8-12-19(21)16-25-20-13-6-3-7-14-20/h2-15,17H,16H2,1H3,(H,23,24). The minimum atomic E-state index is -0.0939. The molecule has 0 aliphatic rings. The average molecular weight is 331 g/mol. The number of carbonyl (C=O) groups excluding carboxylic acids is 1. The van der Waals surface area contributed by atoms with Gasteiger partial charge in [-0.25, -0.2) is 0 Å². The van der Waals surface area contributed by atoms with Crippen molar-refractivity contribution >= 4 is 5.91 Å². The smallest absolute Gasteiger partial charge is 0.252 e. The lowest BCUT2D eigenvalue weighted by molar-refractivity contribution is 0.0937. The molecule has 0 aliphatic carbocycles. The maximum Gasteiger partial charge on any atom is 0.252 e. The van der Waals surface area contributed by atoms with Crippen LogP contribution in [0.4, 0.5) is 0 Å². The van der Waals surface area contributed by atoms with Crippen molar-refractivity contribution in [1.29, 1.82) is 0 Å². The van der Waals surface area contributed by atoms with E-state index in [-0.39, 0.29) is 11.9 Å². The third-order valence-electron chi connectivity index (χ3n) is 4.05. The summed E-state index contributed by atoms with van der Waals surface area (Å²) in [7, 11) is 0. The molecule has 3 aromatic rings. The first-order valence-electron chi connectivity index (χ1n) is 8.35. The Morgan fingerprint density at radius 1 is 0.880 bits per heavy atom. The van der Waals surface area contributed by atoms with Gasteiger partial charge in [-0.15, -0.1) is 0 Å². The fraction of sp³-hybridized carbons (Fsp3) is 0.136. The highest BCUT2D eigenvalue weighted by molar-refractivity contribution is 5.95. The number of hydrogen-bond acceptors (Lipinski definition) is 2. The Morgan fingerprint density at radius 3 is 2.20 bits per heavy atom. The number of benzene rings is 3. The van der Waals surface area contributed by atoms with E-state index in [1.54, 1.807) is 0 Å². The fourth-order valence-corrected chi connectivity index (χ4v) is 2.64. The molecule has 1 unspecified atom stereocenters. The van der Waals surface area contributed by atoms with E-state index in [0.29, 0.717) is 12.2 Å². The number of para-hydroxylation sites is 1. The second-order valence-electron chi connectivity index (χ2n) is 5.86. The van der Waals surface area contributed by atoms with Crippen LogP contribution in [0.25, 0.3) is 0 Å². The van der Waals surface area contributed by atoms with E-state index in [1.807, 2.05) is 91.9 Å². The Morgan fingerprint density at radius 2 is 1.48 bits per heavy atom. The highest BCUT2D eigenvalue weighted by Crippen LogP contribution is 2.17. The summed E-state index contributed by atoms with van der Waals surface area (Å²) in [5, 5.41) is 3.06. The normalized spacial score (nSPS) is 11.6. The van der Waals surface area contributed by atoms with Gasteiger partial charge in [0.1, 0.15) is 12.4 Å². The monoisotopic (exact) mass is 331 g/mol. The molecule has 0 aromatic heterocycles. The summed E-state index contributed by atoms with van der Waals surface area (Å²) in [4.78, 5) is 12.7. The zero-order chi connectivity index (χ0) is 17.5. The Balaban J connectivity index is 1.70. The van der Waals surface area contributed by atoms with Crippen LogP contribution in [0.15, 0.2) is 84.9 Å². The highest BCUT2D eigenvalue weighted by Gasteiger charge is 2.14. The molecule has 3 nitrogen and oxygen atoms in total. The Labute approximate surface area is 148 Å². The number of ether oxygens (including phenoxy) is 1. The summed E-state index contributed by atoms with van der Waals surface area (Å²) in [6.45, 7) is 2.34. The van der Waals surface area contributed by atoms with Crippen molar-refractivity contribution in [3.63, 3.8) is 0 Å². The van der Waals surface area contributed by atoms with E-state index in [0.717, 1.165) is 16.9 Å². The maximum atomic E-state index is 12.7. The van der Waals surface area contributed by atoms with Gasteiger partial charge in [-0.2, -0.15) is 0 Å². The van der Waals surface area contributed by atoms with Crippen molar-refractivity contribution in [2.45, 2.75) is 19.6 Å². The number of carbonyl (C=O) groups is 1. The molecule has 25 heavy (non-hydrogen) atoms. The largest absolute Gasteiger partial charge is 0.489 e. The van der Waals surface area contributed by atoms with Crippen LogP contribution in [0.1, 0.15) is 34.5 Å². The van der Waals surface area contributed by atoms with E-state index in [9.17, 15) is 4.79 Å². The molecule has 3 rings (SSSR count). The van der Waals surface area contributed by atoms with Crippen molar-refractivity contribution in [1.82, 2.24) is 5.32 Å². The number of nitrogens with one attached hydrogen (secondary N) is 1. The third-order valence-corrected chi connectivity index (χ3v) is 4.05. The summed E-state index contributed by atoms with van der Waals surface area (Å²) in [5.41, 5.74) is 2.58. The lowest BCUT2D eigenvalue weighted by atomic mass is 10.1. The van der Waals surface area contributed by atoms with Crippen molar-refractivity contribution < 1.29 is 9.53 Å². The van der Waals surface area contributed by atoms with Gasteiger partial charge in [0.05, 0.1) is 6.04 Å². The number of rotatable bonds is 6. The van der Waals surface area contributed by atoms with E-state index < -0.39 is 0 Å². The molecule has 0 saturated heterocycles. The van der Waals surface area contributed by atoms with Gasteiger partial charge >= 0.3 is 0 Å². The molecule has 0 bridgehead atoms. The molecule has 0 saturated carbocycles. The van der Waals surface area contributed by atoms with Crippen LogP contribution in [0, 0.1) is 0 Å². The molecule has 0 fully saturated rings. The first-order valence-corrected chi connectivity index (χ1v) is 8.35. The molecule has 126 valence electrons. The van der Waals surface area contributed by atoms with Gasteiger partial charge in [0.15, 0.2) is 0 Å². The Bertz CT molecular complexity index is 816. The van der Waals surface area contributed by atoms with E-state index in [4.69, 9.17) is 4.74 Å². The first kappa shape index (κ1) is 16.8. The molecule has 3 aromatic carbocycles. The Hall–Kier alpha value is -3.07. The van der Waals surface area contributed by atoms with Gasteiger partial charge in [-0.3, -0.25) is 4.79 Å². The third kappa shape index (κ3) is 4.48. The predicted octanol–water partition coefficient (Wildman–Crippen LogP) is 4.76. The minimum absolute atomic E-state index is 0.0585. The molecule has 0 spiro atoms. The SMILES string of the molecule is CC(NC(=O)c1ccccc1COc1ccccc1)c1ccccc1. The van der Waals surface area contributed by atoms with Gasteiger partial charge in [0.25, 0.3) is 5.91 Å². The Kier molecular flexibility index (Phi) is 5.47. The quantitative estimate of drug-likeness (QED) is 0.707. The van der Waals surface area contributed by atoms with E-state index >= 15 is 0 Å². The molecule has 1 atom stereocenters. The van der Waals surface area contributed by atoms with Crippen LogP contribution in [-0.2, 0) is 6.61 Å². The summed E-state index contributed by atoms with van der Waals surface area (Å²) in [6, 6.07) is 27.0. The predicted molar refractivity (Wildman–Crippen MR) is 99.5 cm³/mol. The first-order chi connectivity index (χ1) is 12.2. The molecule has 0 radical (unpaired) electrons. The van der Waals surface area contributed by atoms with E-state index in [2.05, 4.69) is 5.32 Å².